The Labute approximate surface area is 108 Å². The Morgan fingerprint density at radius 3 is 2.50 bits per heavy atom. The molecule has 0 bridgehead atoms. The number of aliphatic hydroxyl groups is 1. The third-order valence-electron chi connectivity index (χ3n) is 3.57. The maximum absolute atomic E-state index is 11.8. The van der Waals surface area contributed by atoms with Crippen LogP contribution in [0.2, 0.25) is 0 Å². The second-order valence-corrected chi connectivity index (χ2v) is 6.30. The molecule has 0 spiro atoms. The van der Waals surface area contributed by atoms with E-state index in [0.29, 0.717) is 0 Å². The van der Waals surface area contributed by atoms with E-state index in [1.165, 1.54) is 0 Å². The van der Waals surface area contributed by atoms with Crippen LogP contribution in [0.25, 0.3) is 0 Å². The molecule has 0 saturated heterocycles. The van der Waals surface area contributed by atoms with Crippen molar-refractivity contribution in [2.45, 2.75) is 46.6 Å². The van der Waals surface area contributed by atoms with Crippen LogP contribution in [0.3, 0.4) is 0 Å². The summed E-state index contributed by atoms with van der Waals surface area (Å²) in [6.45, 7) is 9.87. The molecule has 0 saturated carbocycles. The van der Waals surface area contributed by atoms with Gasteiger partial charge in [0.05, 0.1) is 17.7 Å². The maximum Gasteiger partial charge on any atom is 0.231 e. The zero-order valence-electron chi connectivity index (χ0n) is 11.7. The molecule has 0 radical (unpaired) electrons. The zero-order valence-corrected chi connectivity index (χ0v) is 11.7. The van der Waals surface area contributed by atoms with E-state index >= 15 is 0 Å². The Morgan fingerprint density at radius 2 is 1.94 bits per heavy atom. The average Bonchev–Trinajstić information content (AvgIpc) is 2.53. The molecule has 2 rings (SSSR count). The molecule has 2 unspecified atom stereocenters. The van der Waals surface area contributed by atoms with Crippen LogP contribution in [0.15, 0.2) is 12.1 Å². The molecule has 1 aromatic rings. The van der Waals surface area contributed by atoms with E-state index in [9.17, 15) is 9.90 Å². The van der Waals surface area contributed by atoms with Crippen molar-refractivity contribution < 1.29 is 9.90 Å². The predicted octanol–water partition coefficient (Wildman–Crippen LogP) is 3.13. The first kappa shape index (κ1) is 13.1. The van der Waals surface area contributed by atoms with Gasteiger partial charge in [-0.25, -0.2) is 0 Å². The van der Waals surface area contributed by atoms with E-state index in [0.717, 1.165) is 22.4 Å². The van der Waals surface area contributed by atoms with Crippen molar-refractivity contribution in [3.05, 3.63) is 28.8 Å². The largest absolute Gasteiger partial charge is 0.388 e. The number of rotatable bonds is 1. The minimum Gasteiger partial charge on any atom is -0.388 e. The van der Waals surface area contributed by atoms with Crippen molar-refractivity contribution in [2.75, 3.05) is 5.32 Å². The van der Waals surface area contributed by atoms with Crippen LogP contribution < -0.4 is 5.32 Å². The van der Waals surface area contributed by atoms with Gasteiger partial charge in [-0.3, -0.25) is 4.79 Å². The lowest BCUT2D eigenvalue weighted by atomic mass is 9.82. The molecular formula is C15H21NO2. The van der Waals surface area contributed by atoms with Gasteiger partial charge in [0, 0.05) is 5.56 Å². The average molecular weight is 247 g/mol. The minimum atomic E-state index is -0.586. The van der Waals surface area contributed by atoms with Crippen molar-refractivity contribution in [1.82, 2.24) is 0 Å². The molecule has 0 aliphatic carbocycles. The van der Waals surface area contributed by atoms with Crippen LogP contribution in [0, 0.1) is 12.3 Å². The SMILES string of the molecule is Cc1cc2c(c(C(O)C(C)(C)C)c1)NC(=O)C2C. The summed E-state index contributed by atoms with van der Waals surface area (Å²) in [5, 5.41) is 13.4. The fourth-order valence-electron chi connectivity index (χ4n) is 2.38. The van der Waals surface area contributed by atoms with Crippen LogP contribution in [-0.4, -0.2) is 11.0 Å². The maximum atomic E-state index is 11.8. The van der Waals surface area contributed by atoms with Gasteiger partial charge in [0.25, 0.3) is 0 Å². The summed E-state index contributed by atoms with van der Waals surface area (Å²) in [7, 11) is 0. The Hall–Kier alpha value is -1.35. The topological polar surface area (TPSA) is 49.3 Å². The highest BCUT2D eigenvalue weighted by atomic mass is 16.3. The number of fused-ring (bicyclic) bond motifs is 1. The number of benzene rings is 1. The molecule has 2 N–H and O–H groups in total. The van der Waals surface area contributed by atoms with Gasteiger partial charge in [0.2, 0.25) is 5.91 Å². The second-order valence-electron chi connectivity index (χ2n) is 6.30. The van der Waals surface area contributed by atoms with Crippen LogP contribution >= 0.6 is 0 Å². The Balaban J connectivity index is 2.58. The number of aryl methyl sites for hydroxylation is 1. The number of nitrogens with one attached hydrogen (secondary N) is 1. The number of hydrogen-bond acceptors (Lipinski definition) is 2. The molecule has 0 aromatic heterocycles. The molecule has 1 heterocycles. The molecule has 1 aromatic carbocycles. The number of carbonyl (C=O) groups is 1. The van der Waals surface area contributed by atoms with Gasteiger partial charge >= 0.3 is 0 Å². The fraction of sp³-hybridized carbons (Fsp3) is 0.533. The third-order valence-corrected chi connectivity index (χ3v) is 3.57. The first-order valence-electron chi connectivity index (χ1n) is 6.35. The number of aliphatic hydroxyl groups excluding tert-OH is 1. The normalized spacial score (nSPS) is 20.6. The second kappa shape index (κ2) is 4.09. The summed E-state index contributed by atoms with van der Waals surface area (Å²) < 4.78 is 0. The summed E-state index contributed by atoms with van der Waals surface area (Å²) in [5.41, 5.74) is 3.46. The van der Waals surface area contributed by atoms with E-state index in [2.05, 4.69) is 5.32 Å². The van der Waals surface area contributed by atoms with E-state index < -0.39 is 6.10 Å². The van der Waals surface area contributed by atoms with Gasteiger partial charge in [0.1, 0.15) is 0 Å². The fourth-order valence-corrected chi connectivity index (χ4v) is 2.38. The summed E-state index contributed by atoms with van der Waals surface area (Å²) >= 11 is 0. The summed E-state index contributed by atoms with van der Waals surface area (Å²) in [6, 6.07) is 3.99. The quantitative estimate of drug-likeness (QED) is 0.801. The molecule has 1 aliphatic rings. The number of amides is 1. The van der Waals surface area contributed by atoms with Gasteiger partial charge in [-0.1, -0.05) is 38.5 Å². The lowest BCUT2D eigenvalue weighted by Gasteiger charge is -2.28. The summed E-state index contributed by atoms with van der Waals surface area (Å²) in [6.07, 6.45) is -0.586. The summed E-state index contributed by atoms with van der Waals surface area (Å²) in [4.78, 5) is 11.8. The Kier molecular flexibility index (Phi) is 2.98. The van der Waals surface area contributed by atoms with Crippen LogP contribution in [-0.2, 0) is 4.79 Å². The van der Waals surface area contributed by atoms with Crippen LogP contribution in [0.4, 0.5) is 5.69 Å². The molecule has 1 amide bonds. The molecule has 3 nitrogen and oxygen atoms in total. The van der Waals surface area contributed by atoms with E-state index in [-0.39, 0.29) is 17.2 Å². The first-order valence-corrected chi connectivity index (χ1v) is 6.35. The molecule has 2 atom stereocenters. The smallest absolute Gasteiger partial charge is 0.231 e. The highest BCUT2D eigenvalue weighted by Gasteiger charge is 2.33. The molecule has 1 aliphatic heterocycles. The van der Waals surface area contributed by atoms with Gasteiger partial charge in [-0.15, -0.1) is 0 Å². The van der Waals surface area contributed by atoms with Crippen molar-refractivity contribution in [3.63, 3.8) is 0 Å². The number of anilines is 1. The highest BCUT2D eigenvalue weighted by Crippen LogP contribution is 2.43. The van der Waals surface area contributed by atoms with Gasteiger partial charge in [-0.05, 0) is 24.8 Å². The molecular weight excluding hydrogens is 226 g/mol. The first-order chi connectivity index (χ1) is 8.21. The van der Waals surface area contributed by atoms with Crippen molar-refractivity contribution in [1.29, 1.82) is 0 Å². The lowest BCUT2D eigenvalue weighted by molar-refractivity contribution is -0.116. The Morgan fingerprint density at radius 1 is 1.33 bits per heavy atom. The van der Waals surface area contributed by atoms with Gasteiger partial charge in [0.15, 0.2) is 0 Å². The predicted molar refractivity (Wildman–Crippen MR) is 72.6 cm³/mol. The van der Waals surface area contributed by atoms with Crippen molar-refractivity contribution >= 4 is 11.6 Å². The van der Waals surface area contributed by atoms with Crippen LogP contribution in [0.5, 0.6) is 0 Å². The minimum absolute atomic E-state index is 0.0120. The van der Waals surface area contributed by atoms with E-state index in [1.54, 1.807) is 0 Å². The van der Waals surface area contributed by atoms with Crippen molar-refractivity contribution in [2.24, 2.45) is 5.41 Å². The van der Waals surface area contributed by atoms with Crippen LogP contribution in [0.1, 0.15) is 56.4 Å². The Bertz CT molecular complexity index is 500. The zero-order chi connectivity index (χ0) is 13.7. The standard InChI is InChI=1S/C15H21NO2/c1-8-6-10-9(2)14(18)16-12(10)11(7-8)13(17)15(3,4)5/h6-7,9,13,17H,1-5H3,(H,16,18). The third kappa shape index (κ3) is 2.03. The summed E-state index contributed by atoms with van der Waals surface area (Å²) in [5.74, 6) is -0.122. The molecule has 0 fully saturated rings. The number of carbonyl (C=O) groups excluding carboxylic acids is 1. The monoisotopic (exact) mass is 247 g/mol. The molecule has 18 heavy (non-hydrogen) atoms. The lowest BCUT2D eigenvalue weighted by Crippen LogP contribution is -2.19. The number of hydrogen-bond donors (Lipinski definition) is 2. The van der Waals surface area contributed by atoms with Gasteiger partial charge < -0.3 is 10.4 Å². The van der Waals surface area contributed by atoms with E-state index in [4.69, 9.17) is 0 Å². The highest BCUT2D eigenvalue weighted by molar-refractivity contribution is 6.03. The van der Waals surface area contributed by atoms with Gasteiger partial charge in [-0.2, -0.15) is 0 Å². The molecule has 98 valence electrons. The van der Waals surface area contributed by atoms with E-state index in [1.807, 2.05) is 46.8 Å². The van der Waals surface area contributed by atoms with Crippen molar-refractivity contribution in [3.8, 4) is 0 Å². The molecule has 3 heteroatoms.